The van der Waals surface area contributed by atoms with E-state index in [0.717, 1.165) is 19.3 Å². The van der Waals surface area contributed by atoms with Gasteiger partial charge >= 0.3 is 0 Å². The molecule has 2 fully saturated rings. The van der Waals surface area contributed by atoms with Gasteiger partial charge in [-0.1, -0.05) is 18.0 Å². The van der Waals surface area contributed by atoms with Gasteiger partial charge in [0.05, 0.1) is 17.9 Å². The summed E-state index contributed by atoms with van der Waals surface area (Å²) in [4.78, 5) is 13.2. The van der Waals surface area contributed by atoms with E-state index in [1.807, 2.05) is 0 Å². The molecule has 2 aliphatic heterocycles. The van der Waals surface area contributed by atoms with Crippen LogP contribution >= 0.6 is 11.6 Å². The first kappa shape index (κ1) is 26.9. The molecule has 0 unspecified atom stereocenters. The van der Waals surface area contributed by atoms with Crippen molar-refractivity contribution < 1.29 is 26.4 Å². The molecule has 1 N–H and O–H groups in total. The average molecular weight is 556 g/mol. The summed E-state index contributed by atoms with van der Waals surface area (Å²) in [7, 11) is -6.16. The summed E-state index contributed by atoms with van der Waals surface area (Å²) in [6.07, 6.45) is 3.64. The molecule has 36 heavy (non-hydrogen) atoms. The van der Waals surface area contributed by atoms with Crippen LogP contribution in [0.15, 0.2) is 52.3 Å². The standard InChI is InChI=1S/C24H30ClN3O6S2/c1-34-22-12-9-20(16-23(22)36(32,33)27-13-3-2-4-14-27)26-24(29)18-6-5-15-28(17-18)35(30,31)21-10-7-19(25)8-11-21/h7-12,16,18H,2-6,13-15,17H2,1H3,(H,26,29)/t18-/m1/s1. The molecule has 2 aliphatic rings. The Labute approximate surface area is 217 Å². The first-order valence-electron chi connectivity index (χ1n) is 11.9. The van der Waals surface area contributed by atoms with E-state index >= 15 is 0 Å². The fourth-order valence-electron chi connectivity index (χ4n) is 4.58. The van der Waals surface area contributed by atoms with Crippen molar-refractivity contribution in [3.8, 4) is 5.75 Å². The van der Waals surface area contributed by atoms with E-state index in [1.54, 1.807) is 6.07 Å². The summed E-state index contributed by atoms with van der Waals surface area (Å²) in [6.45, 7) is 1.24. The van der Waals surface area contributed by atoms with Crippen LogP contribution in [0.25, 0.3) is 0 Å². The minimum atomic E-state index is -3.79. The smallest absolute Gasteiger partial charge is 0.246 e. The zero-order chi connectivity index (χ0) is 25.9. The number of amides is 1. The highest BCUT2D eigenvalue weighted by Crippen LogP contribution is 2.32. The van der Waals surface area contributed by atoms with Crippen molar-refractivity contribution in [2.45, 2.75) is 41.9 Å². The summed E-state index contributed by atoms with van der Waals surface area (Å²) in [5.74, 6) is -0.737. The molecule has 0 bridgehead atoms. The van der Waals surface area contributed by atoms with E-state index in [9.17, 15) is 21.6 Å². The van der Waals surface area contributed by atoms with Gasteiger partial charge < -0.3 is 10.1 Å². The predicted octanol–water partition coefficient (Wildman–Crippen LogP) is 3.56. The number of piperidine rings is 2. The number of carbonyl (C=O) groups is 1. The lowest BCUT2D eigenvalue weighted by Gasteiger charge is -2.31. The number of nitrogens with one attached hydrogen (secondary N) is 1. The molecule has 12 heteroatoms. The van der Waals surface area contributed by atoms with Crippen LogP contribution in [0.3, 0.4) is 0 Å². The molecule has 4 rings (SSSR count). The maximum atomic E-state index is 13.3. The zero-order valence-electron chi connectivity index (χ0n) is 20.0. The van der Waals surface area contributed by atoms with Crippen molar-refractivity contribution in [1.82, 2.24) is 8.61 Å². The monoisotopic (exact) mass is 555 g/mol. The fraction of sp³-hybridized carbons (Fsp3) is 0.458. The van der Waals surface area contributed by atoms with E-state index in [0.29, 0.717) is 43.2 Å². The second kappa shape index (κ2) is 11.1. The molecule has 0 spiro atoms. The number of benzene rings is 2. The van der Waals surface area contributed by atoms with Crippen LogP contribution in [0.4, 0.5) is 5.69 Å². The Morgan fingerprint density at radius 3 is 2.25 bits per heavy atom. The minimum absolute atomic E-state index is 0.000266. The maximum absolute atomic E-state index is 13.3. The SMILES string of the molecule is COc1ccc(NC(=O)[C@@H]2CCCN(S(=O)(=O)c3ccc(Cl)cc3)C2)cc1S(=O)(=O)N1CCCCC1. The molecular formula is C24H30ClN3O6S2. The van der Waals surface area contributed by atoms with Gasteiger partial charge in [0.1, 0.15) is 10.6 Å². The van der Waals surface area contributed by atoms with Crippen LogP contribution in [0.5, 0.6) is 5.75 Å². The lowest BCUT2D eigenvalue weighted by molar-refractivity contribution is -0.120. The summed E-state index contributed by atoms with van der Waals surface area (Å²) in [5, 5.41) is 3.22. The first-order valence-corrected chi connectivity index (χ1v) is 15.1. The van der Waals surface area contributed by atoms with Gasteiger partial charge in [0, 0.05) is 36.9 Å². The van der Waals surface area contributed by atoms with Crippen molar-refractivity contribution in [3.63, 3.8) is 0 Å². The van der Waals surface area contributed by atoms with Gasteiger partial charge in [0.15, 0.2) is 0 Å². The second-order valence-electron chi connectivity index (χ2n) is 8.98. The number of carbonyl (C=O) groups excluding carboxylic acids is 1. The Morgan fingerprint density at radius 2 is 1.58 bits per heavy atom. The second-order valence-corrected chi connectivity index (χ2v) is 13.3. The number of sulfonamides is 2. The fourth-order valence-corrected chi connectivity index (χ4v) is 7.92. The number of rotatable bonds is 7. The average Bonchev–Trinajstić information content (AvgIpc) is 2.89. The van der Waals surface area contributed by atoms with E-state index < -0.39 is 26.0 Å². The number of hydrogen-bond donors (Lipinski definition) is 1. The molecular weight excluding hydrogens is 526 g/mol. The topological polar surface area (TPSA) is 113 Å². The van der Waals surface area contributed by atoms with Crippen LogP contribution in [0.1, 0.15) is 32.1 Å². The molecule has 196 valence electrons. The van der Waals surface area contributed by atoms with Crippen molar-refractivity contribution in [2.75, 3.05) is 38.6 Å². The lowest BCUT2D eigenvalue weighted by Crippen LogP contribution is -2.43. The molecule has 9 nitrogen and oxygen atoms in total. The van der Waals surface area contributed by atoms with E-state index in [1.165, 1.54) is 52.1 Å². The predicted molar refractivity (Wildman–Crippen MR) is 137 cm³/mol. The van der Waals surface area contributed by atoms with Gasteiger partial charge in [-0.2, -0.15) is 8.61 Å². The number of ether oxygens (including phenoxy) is 1. The van der Waals surface area contributed by atoms with Crippen LogP contribution in [0.2, 0.25) is 5.02 Å². The molecule has 2 aromatic rings. The normalized spacial score (nSPS) is 20.1. The van der Waals surface area contributed by atoms with Gasteiger partial charge in [-0.25, -0.2) is 16.8 Å². The first-order chi connectivity index (χ1) is 17.1. The Kier molecular flexibility index (Phi) is 8.25. The Hall–Kier alpha value is -2.18. The number of anilines is 1. The van der Waals surface area contributed by atoms with Gasteiger partial charge in [-0.15, -0.1) is 0 Å². The van der Waals surface area contributed by atoms with E-state index in [4.69, 9.17) is 16.3 Å². The van der Waals surface area contributed by atoms with Crippen molar-refractivity contribution in [2.24, 2.45) is 5.92 Å². The van der Waals surface area contributed by atoms with Crippen LogP contribution < -0.4 is 10.1 Å². The highest BCUT2D eigenvalue weighted by Gasteiger charge is 2.34. The van der Waals surface area contributed by atoms with Gasteiger partial charge in [-0.05, 0) is 68.1 Å². The quantitative estimate of drug-likeness (QED) is 0.559. The Morgan fingerprint density at radius 1 is 0.917 bits per heavy atom. The molecule has 1 atom stereocenters. The largest absolute Gasteiger partial charge is 0.495 e. The summed E-state index contributed by atoms with van der Waals surface area (Å²) in [6, 6.07) is 10.4. The summed E-state index contributed by atoms with van der Waals surface area (Å²) >= 11 is 5.88. The molecule has 0 aromatic heterocycles. The van der Waals surface area contributed by atoms with E-state index in [-0.39, 0.29) is 28.0 Å². The lowest BCUT2D eigenvalue weighted by atomic mass is 9.98. The Balaban J connectivity index is 1.51. The molecule has 2 aromatic carbocycles. The van der Waals surface area contributed by atoms with E-state index in [2.05, 4.69) is 5.32 Å². The maximum Gasteiger partial charge on any atom is 0.246 e. The molecule has 1 amide bonds. The number of methoxy groups -OCH3 is 1. The molecule has 2 heterocycles. The third kappa shape index (κ3) is 5.70. The van der Waals surface area contributed by atoms with Gasteiger partial charge in [0.25, 0.3) is 0 Å². The Bertz CT molecular complexity index is 1310. The zero-order valence-corrected chi connectivity index (χ0v) is 22.4. The molecule has 0 radical (unpaired) electrons. The third-order valence-corrected chi connectivity index (χ3v) is 10.6. The minimum Gasteiger partial charge on any atom is -0.495 e. The third-order valence-electron chi connectivity index (χ3n) is 6.57. The van der Waals surface area contributed by atoms with Crippen LogP contribution in [-0.2, 0) is 24.8 Å². The summed E-state index contributed by atoms with van der Waals surface area (Å²) in [5.41, 5.74) is 0.314. The van der Waals surface area contributed by atoms with Crippen LogP contribution in [0, 0.1) is 5.92 Å². The van der Waals surface area contributed by atoms with Gasteiger partial charge in [0.2, 0.25) is 26.0 Å². The highest BCUT2D eigenvalue weighted by molar-refractivity contribution is 7.89. The van der Waals surface area contributed by atoms with Gasteiger partial charge in [-0.3, -0.25) is 4.79 Å². The number of hydrogen-bond acceptors (Lipinski definition) is 6. The summed E-state index contributed by atoms with van der Waals surface area (Å²) < 4.78 is 60.7. The molecule has 0 saturated carbocycles. The van der Waals surface area contributed by atoms with Crippen molar-refractivity contribution >= 4 is 43.2 Å². The number of halogens is 1. The molecule has 0 aliphatic carbocycles. The number of nitrogens with zero attached hydrogens (tertiary/aromatic N) is 2. The van der Waals surface area contributed by atoms with Crippen LogP contribution in [-0.4, -0.2) is 64.6 Å². The van der Waals surface area contributed by atoms with Crippen molar-refractivity contribution in [1.29, 1.82) is 0 Å². The molecule has 2 saturated heterocycles. The van der Waals surface area contributed by atoms with Crippen molar-refractivity contribution in [3.05, 3.63) is 47.5 Å². The highest BCUT2D eigenvalue weighted by atomic mass is 35.5.